The van der Waals surface area contributed by atoms with Crippen molar-refractivity contribution in [2.45, 2.75) is 39.2 Å². The van der Waals surface area contributed by atoms with Crippen molar-refractivity contribution in [3.63, 3.8) is 0 Å². The van der Waals surface area contributed by atoms with Gasteiger partial charge in [-0.3, -0.25) is 4.67 Å². The summed E-state index contributed by atoms with van der Waals surface area (Å²) in [7, 11) is 2.70. The number of hydrogen-bond acceptors (Lipinski definition) is 2. The molecule has 0 aromatic heterocycles. The number of piperidine rings is 1. The van der Waals surface area contributed by atoms with Gasteiger partial charge < -0.3 is 5.73 Å². The lowest BCUT2D eigenvalue weighted by atomic mass is 10.1. The zero-order chi connectivity index (χ0) is 8.69. The van der Waals surface area contributed by atoms with Crippen LogP contribution in [-0.2, 0) is 0 Å². The number of nitrogens with zero attached hydrogens (tertiary/aromatic N) is 1. The van der Waals surface area contributed by atoms with Crippen LogP contribution in [0.25, 0.3) is 0 Å². The van der Waals surface area contributed by atoms with Gasteiger partial charge in [0, 0.05) is 20.6 Å². The Hall–Kier alpha value is 0.350. The summed E-state index contributed by atoms with van der Waals surface area (Å²) < 4.78 is 2.24. The molecule has 1 fully saturated rings. The molecule has 0 saturated carbocycles. The summed E-state index contributed by atoms with van der Waals surface area (Å²) >= 11 is 0. The predicted octanol–water partition coefficient (Wildman–Crippen LogP) is 1.86. The van der Waals surface area contributed by atoms with Gasteiger partial charge in [-0.25, -0.2) is 0 Å². The minimum atomic E-state index is 0. The highest BCUT2D eigenvalue weighted by molar-refractivity contribution is 7.13. The summed E-state index contributed by atoms with van der Waals surface area (Å²) in [5.41, 5.74) is 5.66. The SMILES string of the molecule is CCC.NC1CCN(P)CC1.[HH]. The quantitative estimate of drug-likeness (QED) is 0.574. The molecule has 0 aromatic rings. The van der Waals surface area contributed by atoms with Crippen molar-refractivity contribution in [3.05, 3.63) is 0 Å². The van der Waals surface area contributed by atoms with Crippen LogP contribution < -0.4 is 5.73 Å². The minimum Gasteiger partial charge on any atom is -0.328 e. The van der Waals surface area contributed by atoms with Crippen molar-refractivity contribution in [1.82, 2.24) is 4.67 Å². The number of rotatable bonds is 0. The molecule has 1 aliphatic heterocycles. The van der Waals surface area contributed by atoms with Gasteiger partial charge in [0.15, 0.2) is 0 Å². The fraction of sp³-hybridized carbons (Fsp3) is 1.00. The second kappa shape index (κ2) is 7.02. The van der Waals surface area contributed by atoms with Crippen molar-refractivity contribution in [2.24, 2.45) is 5.73 Å². The lowest BCUT2D eigenvalue weighted by Crippen LogP contribution is -2.34. The monoisotopic (exact) mass is 178 g/mol. The Kier molecular flexibility index (Phi) is 7.25. The lowest BCUT2D eigenvalue weighted by Gasteiger charge is -2.25. The van der Waals surface area contributed by atoms with Crippen LogP contribution in [0, 0.1) is 0 Å². The molecule has 0 radical (unpaired) electrons. The highest BCUT2D eigenvalue weighted by Gasteiger charge is 2.11. The van der Waals surface area contributed by atoms with E-state index in [2.05, 4.69) is 27.9 Å². The summed E-state index contributed by atoms with van der Waals surface area (Å²) in [6, 6.07) is 0.465. The minimum absolute atomic E-state index is 0. The van der Waals surface area contributed by atoms with E-state index < -0.39 is 0 Å². The first kappa shape index (κ1) is 11.4. The molecule has 1 heterocycles. The van der Waals surface area contributed by atoms with Crippen molar-refractivity contribution in [1.29, 1.82) is 0 Å². The molecule has 1 aliphatic rings. The average molecular weight is 178 g/mol. The molecule has 0 amide bonds. The van der Waals surface area contributed by atoms with E-state index in [1.165, 1.54) is 6.42 Å². The molecule has 0 bridgehead atoms. The summed E-state index contributed by atoms with van der Waals surface area (Å²) in [6.07, 6.45) is 3.56. The van der Waals surface area contributed by atoms with Crippen LogP contribution in [0.5, 0.6) is 0 Å². The molecule has 1 atom stereocenters. The summed E-state index contributed by atoms with van der Waals surface area (Å²) in [4.78, 5) is 0. The van der Waals surface area contributed by atoms with Crippen molar-refractivity contribution in [3.8, 4) is 0 Å². The third-order valence-electron chi connectivity index (χ3n) is 1.57. The van der Waals surface area contributed by atoms with Gasteiger partial charge in [-0.15, -0.1) is 0 Å². The Morgan fingerprint density at radius 1 is 1.45 bits per heavy atom. The first-order valence-electron chi connectivity index (χ1n) is 4.45. The fourth-order valence-electron chi connectivity index (χ4n) is 0.919. The highest BCUT2D eigenvalue weighted by Crippen LogP contribution is 2.10. The molecule has 2 N–H and O–H groups in total. The Morgan fingerprint density at radius 3 is 2.09 bits per heavy atom. The van der Waals surface area contributed by atoms with Crippen LogP contribution >= 0.6 is 9.39 Å². The molecule has 1 unspecified atom stereocenters. The molecule has 3 heteroatoms. The first-order valence-corrected chi connectivity index (χ1v) is 4.97. The Labute approximate surface area is 74.3 Å². The van der Waals surface area contributed by atoms with E-state index in [9.17, 15) is 0 Å². The van der Waals surface area contributed by atoms with Gasteiger partial charge in [-0.05, 0) is 12.8 Å². The maximum absolute atomic E-state index is 5.66. The van der Waals surface area contributed by atoms with E-state index >= 15 is 0 Å². The van der Waals surface area contributed by atoms with Gasteiger partial charge >= 0.3 is 0 Å². The molecule has 0 aliphatic carbocycles. The van der Waals surface area contributed by atoms with E-state index in [4.69, 9.17) is 5.73 Å². The molecule has 0 aromatic carbocycles. The Bertz CT molecular complexity index is 75.1. The first-order chi connectivity index (χ1) is 5.20. The standard InChI is InChI=1S/C5H13N2P.C3H8.H2/c6-5-1-3-7(8)4-2-5;1-3-2;/h5H,1-4,6,8H2;3H2,1-2H3;1H. The van der Waals surface area contributed by atoms with Gasteiger partial charge in [0.25, 0.3) is 0 Å². The maximum Gasteiger partial charge on any atom is 0.00634 e. The van der Waals surface area contributed by atoms with Gasteiger partial charge in [-0.1, -0.05) is 29.7 Å². The van der Waals surface area contributed by atoms with Crippen LogP contribution in [0.15, 0.2) is 0 Å². The fourth-order valence-corrected chi connectivity index (χ4v) is 1.22. The van der Waals surface area contributed by atoms with Crippen LogP contribution in [0.4, 0.5) is 0 Å². The molecule has 1 saturated heterocycles. The van der Waals surface area contributed by atoms with E-state index in [0.717, 1.165) is 25.9 Å². The maximum atomic E-state index is 5.66. The highest BCUT2D eigenvalue weighted by atomic mass is 31.0. The molecule has 1 rings (SSSR count). The van der Waals surface area contributed by atoms with Gasteiger partial charge in [0.2, 0.25) is 0 Å². The van der Waals surface area contributed by atoms with Crippen LogP contribution in [0.2, 0.25) is 0 Å². The molecular formula is C8H23N2P. The third-order valence-corrected chi connectivity index (χ3v) is 2.09. The second-order valence-electron chi connectivity index (χ2n) is 3.08. The topological polar surface area (TPSA) is 29.3 Å². The van der Waals surface area contributed by atoms with Crippen LogP contribution in [0.1, 0.15) is 34.5 Å². The van der Waals surface area contributed by atoms with Crippen molar-refractivity contribution in [2.75, 3.05) is 13.1 Å². The van der Waals surface area contributed by atoms with Crippen molar-refractivity contribution < 1.29 is 1.43 Å². The van der Waals surface area contributed by atoms with Gasteiger partial charge in [0.1, 0.15) is 0 Å². The van der Waals surface area contributed by atoms with E-state index in [-0.39, 0.29) is 1.43 Å². The Balaban J connectivity index is 0. The van der Waals surface area contributed by atoms with Gasteiger partial charge in [-0.2, -0.15) is 0 Å². The smallest absolute Gasteiger partial charge is 0.00634 e. The number of hydrogen-bond donors (Lipinski definition) is 1. The van der Waals surface area contributed by atoms with Crippen LogP contribution in [0.3, 0.4) is 0 Å². The largest absolute Gasteiger partial charge is 0.328 e. The molecule has 70 valence electrons. The normalized spacial score (nSPS) is 20.7. The average Bonchev–Trinajstić information content (AvgIpc) is 1.97. The van der Waals surface area contributed by atoms with Crippen molar-refractivity contribution >= 4 is 9.39 Å². The van der Waals surface area contributed by atoms with E-state index in [0.29, 0.717) is 6.04 Å². The summed E-state index contributed by atoms with van der Waals surface area (Å²) in [5, 5.41) is 0. The summed E-state index contributed by atoms with van der Waals surface area (Å²) in [6.45, 7) is 6.54. The number of nitrogens with two attached hydrogens (primary N) is 1. The molecule has 11 heavy (non-hydrogen) atoms. The zero-order valence-electron chi connectivity index (χ0n) is 7.71. The Morgan fingerprint density at radius 2 is 1.82 bits per heavy atom. The second-order valence-corrected chi connectivity index (χ2v) is 3.81. The van der Waals surface area contributed by atoms with Gasteiger partial charge in [0.05, 0.1) is 0 Å². The van der Waals surface area contributed by atoms with E-state index in [1.807, 2.05) is 0 Å². The third kappa shape index (κ3) is 6.74. The predicted molar refractivity (Wildman–Crippen MR) is 56.6 cm³/mol. The zero-order valence-corrected chi connectivity index (χ0v) is 8.87. The lowest BCUT2D eigenvalue weighted by molar-refractivity contribution is 0.345. The van der Waals surface area contributed by atoms with E-state index in [1.54, 1.807) is 0 Å². The van der Waals surface area contributed by atoms with Crippen LogP contribution in [-0.4, -0.2) is 23.8 Å². The molecule has 2 nitrogen and oxygen atoms in total. The molecule has 0 spiro atoms. The summed E-state index contributed by atoms with van der Waals surface area (Å²) in [5.74, 6) is 0. The molecular weight excluding hydrogens is 155 g/mol.